The third-order valence-electron chi connectivity index (χ3n) is 2.70. The summed E-state index contributed by atoms with van der Waals surface area (Å²) in [6, 6.07) is 12.4. The van der Waals surface area contributed by atoms with Gasteiger partial charge >= 0.3 is 0 Å². The third-order valence-corrected chi connectivity index (χ3v) is 3.74. The minimum Gasteiger partial charge on any atom is -0.399 e. The number of anilines is 1. The normalized spacial score (nSPS) is 10.9. The van der Waals surface area contributed by atoms with E-state index in [1.165, 1.54) is 12.1 Å². The molecule has 0 fully saturated rings. The Hall–Kier alpha value is -1.94. The van der Waals surface area contributed by atoms with Crippen molar-refractivity contribution in [2.24, 2.45) is 0 Å². The molecule has 90 valence electrons. The third kappa shape index (κ3) is 2.19. The molecule has 4 heteroatoms. The molecule has 2 aromatic carbocycles. The number of halogens is 1. The van der Waals surface area contributed by atoms with Gasteiger partial charge in [-0.1, -0.05) is 12.1 Å². The van der Waals surface area contributed by atoms with Crippen molar-refractivity contribution in [2.45, 2.75) is 6.42 Å². The van der Waals surface area contributed by atoms with Crippen LogP contribution in [0.4, 0.5) is 10.1 Å². The Morgan fingerprint density at radius 3 is 2.89 bits per heavy atom. The summed E-state index contributed by atoms with van der Waals surface area (Å²) >= 11 is 1.59. The largest absolute Gasteiger partial charge is 0.399 e. The van der Waals surface area contributed by atoms with Gasteiger partial charge in [0.15, 0.2) is 0 Å². The number of hydrogen-bond donors (Lipinski definition) is 1. The Balaban J connectivity index is 1.95. The summed E-state index contributed by atoms with van der Waals surface area (Å²) in [4.78, 5) is 4.44. The van der Waals surface area contributed by atoms with Crippen LogP contribution in [0, 0.1) is 5.82 Å². The fourth-order valence-electron chi connectivity index (χ4n) is 1.90. The van der Waals surface area contributed by atoms with Crippen LogP contribution in [0.15, 0.2) is 42.5 Å². The summed E-state index contributed by atoms with van der Waals surface area (Å²) in [6.45, 7) is 0. The molecule has 0 aliphatic carbocycles. The monoisotopic (exact) mass is 258 g/mol. The summed E-state index contributed by atoms with van der Waals surface area (Å²) in [5, 5.41) is 0.973. The minimum atomic E-state index is -0.247. The predicted octanol–water partition coefficient (Wildman–Crippen LogP) is 3.61. The van der Waals surface area contributed by atoms with Crippen molar-refractivity contribution in [1.29, 1.82) is 0 Å². The molecule has 18 heavy (non-hydrogen) atoms. The number of rotatable bonds is 2. The van der Waals surface area contributed by atoms with Crippen LogP contribution >= 0.6 is 11.3 Å². The van der Waals surface area contributed by atoms with Gasteiger partial charge in [-0.2, -0.15) is 0 Å². The predicted molar refractivity (Wildman–Crippen MR) is 73.2 cm³/mol. The van der Waals surface area contributed by atoms with Crippen molar-refractivity contribution >= 4 is 27.2 Å². The first-order valence-corrected chi connectivity index (χ1v) is 6.42. The number of aromatic nitrogens is 1. The molecule has 0 aliphatic rings. The zero-order valence-corrected chi connectivity index (χ0v) is 10.4. The second-order valence-corrected chi connectivity index (χ2v) is 5.26. The number of nitrogens with zero attached hydrogens (tertiary/aromatic N) is 1. The van der Waals surface area contributed by atoms with E-state index in [4.69, 9.17) is 5.73 Å². The van der Waals surface area contributed by atoms with Gasteiger partial charge in [0, 0.05) is 18.2 Å². The lowest BCUT2D eigenvalue weighted by Crippen LogP contribution is -1.90. The van der Waals surface area contributed by atoms with Gasteiger partial charge in [0.25, 0.3) is 0 Å². The van der Waals surface area contributed by atoms with E-state index in [1.54, 1.807) is 17.4 Å². The second-order valence-electron chi connectivity index (χ2n) is 4.14. The molecular weight excluding hydrogens is 247 g/mol. The highest BCUT2D eigenvalue weighted by Crippen LogP contribution is 2.24. The maximum absolute atomic E-state index is 13.1. The summed E-state index contributed by atoms with van der Waals surface area (Å²) in [6.07, 6.45) is 0.728. The number of thiazole rings is 1. The van der Waals surface area contributed by atoms with Crippen molar-refractivity contribution in [3.8, 4) is 0 Å². The van der Waals surface area contributed by atoms with Crippen LogP contribution in [0.2, 0.25) is 0 Å². The topological polar surface area (TPSA) is 38.9 Å². The molecule has 2 nitrogen and oxygen atoms in total. The number of nitrogen functional groups attached to an aromatic ring is 1. The highest BCUT2D eigenvalue weighted by molar-refractivity contribution is 7.18. The van der Waals surface area contributed by atoms with Crippen molar-refractivity contribution < 1.29 is 4.39 Å². The van der Waals surface area contributed by atoms with E-state index >= 15 is 0 Å². The second kappa shape index (κ2) is 4.38. The van der Waals surface area contributed by atoms with Crippen LogP contribution in [0.25, 0.3) is 10.2 Å². The fourth-order valence-corrected chi connectivity index (χ4v) is 2.88. The van der Waals surface area contributed by atoms with Crippen LogP contribution in [0.1, 0.15) is 10.6 Å². The summed E-state index contributed by atoms with van der Waals surface area (Å²) < 4.78 is 14.1. The van der Waals surface area contributed by atoms with Crippen molar-refractivity contribution in [3.05, 3.63) is 58.9 Å². The van der Waals surface area contributed by atoms with Crippen molar-refractivity contribution in [3.63, 3.8) is 0 Å². The molecule has 0 atom stereocenters. The Bertz CT molecular complexity index is 706. The van der Waals surface area contributed by atoms with Gasteiger partial charge in [-0.05, 0) is 29.8 Å². The molecule has 1 heterocycles. The van der Waals surface area contributed by atoms with Crippen LogP contribution in [-0.4, -0.2) is 4.98 Å². The van der Waals surface area contributed by atoms with Gasteiger partial charge in [0.05, 0.1) is 15.2 Å². The number of benzene rings is 2. The fraction of sp³-hybridized carbons (Fsp3) is 0.0714. The van der Waals surface area contributed by atoms with Gasteiger partial charge in [0.2, 0.25) is 0 Å². The highest BCUT2D eigenvalue weighted by atomic mass is 32.1. The Kier molecular flexibility index (Phi) is 2.72. The molecule has 3 aromatic rings. The molecule has 0 amide bonds. The van der Waals surface area contributed by atoms with Crippen LogP contribution < -0.4 is 5.73 Å². The van der Waals surface area contributed by atoms with Gasteiger partial charge in [-0.3, -0.25) is 0 Å². The molecular formula is C14H11FN2S. The SMILES string of the molecule is Nc1cccc(Cc2nc3cc(F)ccc3s2)c1. The van der Waals surface area contributed by atoms with Crippen molar-refractivity contribution in [1.82, 2.24) is 4.98 Å². The van der Waals surface area contributed by atoms with Gasteiger partial charge in [-0.15, -0.1) is 11.3 Å². The van der Waals surface area contributed by atoms with Gasteiger partial charge < -0.3 is 5.73 Å². The zero-order valence-electron chi connectivity index (χ0n) is 9.56. The van der Waals surface area contributed by atoms with Gasteiger partial charge in [0.1, 0.15) is 5.82 Å². The lowest BCUT2D eigenvalue weighted by atomic mass is 10.1. The van der Waals surface area contributed by atoms with E-state index in [0.29, 0.717) is 0 Å². The molecule has 0 saturated carbocycles. The Morgan fingerprint density at radius 1 is 1.17 bits per heavy atom. The molecule has 0 aliphatic heterocycles. The minimum absolute atomic E-state index is 0.247. The average molecular weight is 258 g/mol. The molecule has 3 rings (SSSR count). The number of hydrogen-bond acceptors (Lipinski definition) is 3. The van der Waals surface area contributed by atoms with E-state index in [0.717, 1.165) is 32.9 Å². The Morgan fingerprint density at radius 2 is 2.06 bits per heavy atom. The molecule has 2 N–H and O–H groups in total. The number of fused-ring (bicyclic) bond motifs is 1. The molecule has 1 aromatic heterocycles. The standard InChI is InChI=1S/C14H11FN2S/c15-10-4-5-13-12(8-10)17-14(18-13)7-9-2-1-3-11(16)6-9/h1-6,8H,7,16H2. The Labute approximate surface area is 108 Å². The lowest BCUT2D eigenvalue weighted by molar-refractivity contribution is 0.629. The maximum Gasteiger partial charge on any atom is 0.125 e. The first kappa shape index (κ1) is 11.2. The average Bonchev–Trinajstić information content (AvgIpc) is 2.70. The summed E-state index contributed by atoms with van der Waals surface area (Å²) in [7, 11) is 0. The van der Waals surface area contributed by atoms with E-state index in [1.807, 2.05) is 24.3 Å². The van der Waals surface area contributed by atoms with Gasteiger partial charge in [-0.25, -0.2) is 9.37 Å². The van der Waals surface area contributed by atoms with Crippen LogP contribution in [0.5, 0.6) is 0 Å². The molecule has 0 unspecified atom stereocenters. The van der Waals surface area contributed by atoms with Crippen molar-refractivity contribution in [2.75, 3.05) is 5.73 Å². The first-order chi connectivity index (χ1) is 8.70. The maximum atomic E-state index is 13.1. The van der Waals surface area contributed by atoms with Crippen LogP contribution in [-0.2, 0) is 6.42 Å². The molecule has 0 bridgehead atoms. The molecule has 0 spiro atoms. The smallest absolute Gasteiger partial charge is 0.125 e. The molecule has 0 radical (unpaired) electrons. The quantitative estimate of drug-likeness (QED) is 0.713. The van der Waals surface area contributed by atoms with E-state index < -0.39 is 0 Å². The zero-order chi connectivity index (χ0) is 12.5. The highest BCUT2D eigenvalue weighted by Gasteiger charge is 2.05. The molecule has 0 saturated heterocycles. The lowest BCUT2D eigenvalue weighted by Gasteiger charge is -1.98. The van der Waals surface area contributed by atoms with E-state index in [2.05, 4.69) is 4.98 Å². The van der Waals surface area contributed by atoms with E-state index in [-0.39, 0.29) is 5.82 Å². The van der Waals surface area contributed by atoms with Crippen LogP contribution in [0.3, 0.4) is 0 Å². The van der Waals surface area contributed by atoms with E-state index in [9.17, 15) is 4.39 Å². The first-order valence-electron chi connectivity index (χ1n) is 5.60. The number of nitrogens with two attached hydrogens (primary N) is 1. The summed E-state index contributed by atoms with van der Waals surface area (Å²) in [5.41, 5.74) is 8.33. The summed E-state index contributed by atoms with van der Waals surface area (Å²) in [5.74, 6) is -0.247.